The maximum atomic E-state index is 12.4. The zero-order valence-corrected chi connectivity index (χ0v) is 11.5. The first-order chi connectivity index (χ1) is 10.1. The summed E-state index contributed by atoms with van der Waals surface area (Å²) in [7, 11) is 0. The van der Waals surface area contributed by atoms with Gasteiger partial charge in [0.25, 0.3) is 5.91 Å². The van der Waals surface area contributed by atoms with Crippen LogP contribution in [0.2, 0.25) is 0 Å². The molecule has 0 saturated heterocycles. The number of amidine groups is 1. The van der Waals surface area contributed by atoms with Crippen LogP contribution in [-0.2, 0) is 0 Å². The molecule has 1 aromatic carbocycles. The number of rotatable bonds is 3. The molecule has 4 N–H and O–H groups in total. The normalized spacial score (nSPS) is 19.5. The molecule has 1 heterocycles. The predicted molar refractivity (Wildman–Crippen MR) is 74.6 cm³/mol. The highest BCUT2D eigenvalue weighted by Crippen LogP contribution is 2.34. The molecule has 0 bridgehead atoms. The number of hydrogen-bond donors (Lipinski definition) is 3. The summed E-state index contributed by atoms with van der Waals surface area (Å²) in [5.41, 5.74) is 5.46. The van der Waals surface area contributed by atoms with Crippen molar-refractivity contribution in [3.8, 4) is 11.5 Å². The van der Waals surface area contributed by atoms with Crippen LogP contribution in [0.3, 0.4) is 0 Å². The van der Waals surface area contributed by atoms with Crippen LogP contribution in [0.25, 0.3) is 0 Å². The van der Waals surface area contributed by atoms with E-state index in [1.54, 1.807) is 18.2 Å². The number of nitrogens with zero attached hydrogens (tertiary/aromatic N) is 1. The molecule has 112 valence electrons. The van der Waals surface area contributed by atoms with Crippen LogP contribution in [0.1, 0.15) is 36.0 Å². The van der Waals surface area contributed by atoms with Gasteiger partial charge in [-0.2, -0.15) is 0 Å². The van der Waals surface area contributed by atoms with Crippen LogP contribution in [0, 0.1) is 0 Å². The Morgan fingerprint density at radius 1 is 1.29 bits per heavy atom. The summed E-state index contributed by atoms with van der Waals surface area (Å²) >= 11 is 0. The molecule has 0 atom stereocenters. The van der Waals surface area contributed by atoms with Crippen LogP contribution in [0.15, 0.2) is 23.4 Å². The molecule has 2 aliphatic rings. The van der Waals surface area contributed by atoms with Gasteiger partial charge in [-0.15, -0.1) is 0 Å². The fourth-order valence-electron chi connectivity index (χ4n) is 2.85. The molecule has 1 aliphatic heterocycles. The summed E-state index contributed by atoms with van der Waals surface area (Å²) in [6.07, 6.45) is 3.19. The molecular formula is C14H17N3O4. The molecule has 7 nitrogen and oxygen atoms in total. The SMILES string of the molecule is N/C(=N/O)C1(NC(=O)c2ccc3c(c2)OCO3)CCCC1. The molecule has 1 aromatic rings. The number of amides is 1. The quantitative estimate of drug-likeness (QED) is 0.336. The Bertz CT molecular complexity index is 594. The van der Waals surface area contributed by atoms with Gasteiger partial charge in [-0.05, 0) is 31.0 Å². The lowest BCUT2D eigenvalue weighted by molar-refractivity contribution is 0.0922. The van der Waals surface area contributed by atoms with Crippen LogP contribution in [-0.4, -0.2) is 29.3 Å². The molecule has 3 rings (SSSR count). The van der Waals surface area contributed by atoms with Gasteiger partial charge in [0.2, 0.25) is 6.79 Å². The summed E-state index contributed by atoms with van der Waals surface area (Å²) in [4.78, 5) is 12.4. The van der Waals surface area contributed by atoms with Gasteiger partial charge < -0.3 is 25.7 Å². The largest absolute Gasteiger partial charge is 0.454 e. The average molecular weight is 291 g/mol. The molecular weight excluding hydrogens is 274 g/mol. The summed E-state index contributed by atoms with van der Waals surface area (Å²) in [5.74, 6) is 0.946. The van der Waals surface area contributed by atoms with Crippen molar-refractivity contribution in [1.29, 1.82) is 0 Å². The number of nitrogens with one attached hydrogen (secondary N) is 1. The van der Waals surface area contributed by atoms with Crippen LogP contribution < -0.4 is 20.5 Å². The monoisotopic (exact) mass is 291 g/mol. The topological polar surface area (TPSA) is 106 Å². The van der Waals surface area contributed by atoms with Crippen molar-refractivity contribution in [2.75, 3.05) is 6.79 Å². The van der Waals surface area contributed by atoms with Gasteiger partial charge in [0.15, 0.2) is 17.3 Å². The van der Waals surface area contributed by atoms with Crippen molar-refractivity contribution in [2.45, 2.75) is 31.2 Å². The lowest BCUT2D eigenvalue weighted by Gasteiger charge is -2.28. The van der Waals surface area contributed by atoms with Crippen molar-refractivity contribution < 1.29 is 19.5 Å². The predicted octanol–water partition coefficient (Wildman–Crippen LogP) is 1.20. The Labute approximate surface area is 121 Å². The van der Waals surface area contributed by atoms with E-state index in [0.29, 0.717) is 29.9 Å². The van der Waals surface area contributed by atoms with Crippen LogP contribution in [0.4, 0.5) is 0 Å². The van der Waals surface area contributed by atoms with E-state index in [4.69, 9.17) is 20.4 Å². The molecule has 1 saturated carbocycles. The minimum atomic E-state index is -0.762. The number of carbonyl (C=O) groups excluding carboxylic acids is 1. The Kier molecular flexibility index (Phi) is 3.32. The standard InChI is InChI=1S/C14H17N3O4/c15-13(17-19)14(5-1-2-6-14)16-12(18)9-3-4-10-11(7-9)21-8-20-10/h3-4,7,19H,1-2,5-6,8H2,(H2,15,17)(H,16,18). The zero-order chi connectivity index (χ0) is 14.9. The van der Waals surface area contributed by atoms with Gasteiger partial charge >= 0.3 is 0 Å². The molecule has 7 heteroatoms. The second kappa shape index (κ2) is 5.16. The van der Waals surface area contributed by atoms with Gasteiger partial charge in [-0.3, -0.25) is 4.79 Å². The zero-order valence-electron chi connectivity index (χ0n) is 11.5. The van der Waals surface area contributed by atoms with Crippen molar-refractivity contribution in [2.24, 2.45) is 10.9 Å². The molecule has 0 aromatic heterocycles. The van der Waals surface area contributed by atoms with Crippen LogP contribution in [0.5, 0.6) is 11.5 Å². The Morgan fingerprint density at radius 3 is 2.71 bits per heavy atom. The lowest BCUT2D eigenvalue weighted by atomic mass is 9.95. The smallest absolute Gasteiger partial charge is 0.252 e. The maximum absolute atomic E-state index is 12.4. The summed E-state index contributed by atoms with van der Waals surface area (Å²) in [6, 6.07) is 4.99. The second-order valence-electron chi connectivity index (χ2n) is 5.30. The van der Waals surface area contributed by atoms with E-state index in [1.165, 1.54) is 0 Å². The lowest BCUT2D eigenvalue weighted by Crippen LogP contribution is -2.55. The van der Waals surface area contributed by atoms with Crippen molar-refractivity contribution in [3.05, 3.63) is 23.8 Å². The van der Waals surface area contributed by atoms with Crippen molar-refractivity contribution in [3.63, 3.8) is 0 Å². The number of carbonyl (C=O) groups is 1. The highest BCUT2D eigenvalue weighted by molar-refractivity contribution is 6.00. The third kappa shape index (κ3) is 2.35. The maximum Gasteiger partial charge on any atom is 0.252 e. The first kappa shape index (κ1) is 13.5. The third-order valence-corrected chi connectivity index (χ3v) is 4.04. The van der Waals surface area contributed by atoms with E-state index in [1.807, 2.05) is 0 Å². The summed E-state index contributed by atoms with van der Waals surface area (Å²) in [6.45, 7) is 0.161. The first-order valence-corrected chi connectivity index (χ1v) is 6.85. The minimum absolute atomic E-state index is 0.0501. The number of oxime groups is 1. The summed E-state index contributed by atoms with van der Waals surface area (Å²) in [5, 5.41) is 14.9. The molecule has 0 spiro atoms. The Balaban J connectivity index is 1.82. The Hall–Kier alpha value is -2.44. The number of benzene rings is 1. The van der Waals surface area contributed by atoms with Gasteiger partial charge in [-0.25, -0.2) is 0 Å². The fourth-order valence-corrected chi connectivity index (χ4v) is 2.85. The van der Waals surface area contributed by atoms with Crippen molar-refractivity contribution >= 4 is 11.7 Å². The minimum Gasteiger partial charge on any atom is -0.454 e. The third-order valence-electron chi connectivity index (χ3n) is 4.04. The van der Waals surface area contributed by atoms with E-state index in [2.05, 4.69) is 10.5 Å². The van der Waals surface area contributed by atoms with Gasteiger partial charge in [-0.1, -0.05) is 18.0 Å². The second-order valence-corrected chi connectivity index (χ2v) is 5.30. The van der Waals surface area contributed by atoms with E-state index in [-0.39, 0.29) is 18.5 Å². The number of fused-ring (bicyclic) bond motifs is 1. The van der Waals surface area contributed by atoms with Gasteiger partial charge in [0.1, 0.15) is 5.54 Å². The van der Waals surface area contributed by atoms with Crippen LogP contribution >= 0.6 is 0 Å². The summed E-state index contributed by atoms with van der Waals surface area (Å²) < 4.78 is 10.5. The fraction of sp³-hybridized carbons (Fsp3) is 0.429. The van der Waals surface area contributed by atoms with Gasteiger partial charge in [0, 0.05) is 5.56 Å². The van der Waals surface area contributed by atoms with Gasteiger partial charge in [0.05, 0.1) is 0 Å². The molecule has 1 amide bonds. The number of hydrogen-bond acceptors (Lipinski definition) is 5. The van der Waals surface area contributed by atoms with E-state index in [9.17, 15) is 4.79 Å². The molecule has 0 unspecified atom stereocenters. The van der Waals surface area contributed by atoms with E-state index in [0.717, 1.165) is 12.8 Å². The molecule has 0 radical (unpaired) electrons. The molecule has 1 aliphatic carbocycles. The highest BCUT2D eigenvalue weighted by atomic mass is 16.7. The molecule has 1 fully saturated rings. The van der Waals surface area contributed by atoms with E-state index >= 15 is 0 Å². The van der Waals surface area contributed by atoms with E-state index < -0.39 is 5.54 Å². The number of nitrogens with two attached hydrogens (primary N) is 1. The average Bonchev–Trinajstić information content (AvgIpc) is 3.14. The first-order valence-electron chi connectivity index (χ1n) is 6.85. The highest BCUT2D eigenvalue weighted by Gasteiger charge is 2.40. The van der Waals surface area contributed by atoms with Crippen molar-refractivity contribution in [1.82, 2.24) is 5.32 Å². The number of ether oxygens (including phenoxy) is 2. The Morgan fingerprint density at radius 2 is 2.00 bits per heavy atom. The molecule has 21 heavy (non-hydrogen) atoms.